The first-order valence-electron chi connectivity index (χ1n) is 6.46. The molecular formula is C14H29NO2. The molecule has 0 fully saturated rings. The second-order valence-corrected chi connectivity index (χ2v) is 6.23. The summed E-state index contributed by atoms with van der Waals surface area (Å²) in [6.07, 6.45) is 1.67. The molecule has 0 rings (SSSR count). The summed E-state index contributed by atoms with van der Waals surface area (Å²) in [6.45, 7) is 12.5. The van der Waals surface area contributed by atoms with Crippen molar-refractivity contribution in [2.45, 2.75) is 47.5 Å². The lowest BCUT2D eigenvalue weighted by molar-refractivity contribution is -0.120. The first-order chi connectivity index (χ1) is 7.74. The summed E-state index contributed by atoms with van der Waals surface area (Å²) >= 11 is 0. The van der Waals surface area contributed by atoms with Gasteiger partial charge in [0.15, 0.2) is 0 Å². The van der Waals surface area contributed by atoms with Crippen LogP contribution in [0.15, 0.2) is 0 Å². The van der Waals surface area contributed by atoms with E-state index in [1.54, 1.807) is 6.92 Å². The van der Waals surface area contributed by atoms with E-state index < -0.39 is 0 Å². The van der Waals surface area contributed by atoms with Gasteiger partial charge in [0, 0.05) is 18.4 Å². The minimum absolute atomic E-state index is 0.0554. The Morgan fingerprint density at radius 2 is 1.82 bits per heavy atom. The molecule has 0 heterocycles. The maximum absolute atomic E-state index is 11.1. The van der Waals surface area contributed by atoms with Crippen LogP contribution in [0.25, 0.3) is 0 Å². The van der Waals surface area contributed by atoms with Gasteiger partial charge in [0.2, 0.25) is 0 Å². The molecule has 102 valence electrons. The third-order valence-corrected chi connectivity index (χ3v) is 3.13. The third-order valence-electron chi connectivity index (χ3n) is 3.13. The lowest BCUT2D eigenvalue weighted by atomic mass is 9.87. The van der Waals surface area contributed by atoms with Crippen molar-refractivity contribution < 1.29 is 9.53 Å². The first-order valence-corrected chi connectivity index (χ1v) is 6.46. The topological polar surface area (TPSA) is 38.3 Å². The van der Waals surface area contributed by atoms with Gasteiger partial charge in [0.05, 0.1) is 13.2 Å². The van der Waals surface area contributed by atoms with Crippen LogP contribution in [0.5, 0.6) is 0 Å². The molecule has 0 radical (unpaired) electrons. The van der Waals surface area contributed by atoms with Crippen LogP contribution in [0.4, 0.5) is 0 Å². The zero-order valence-electron chi connectivity index (χ0n) is 12.4. The Morgan fingerprint density at radius 3 is 2.24 bits per heavy atom. The normalized spacial score (nSPS) is 15.6. The quantitative estimate of drug-likeness (QED) is 0.676. The van der Waals surface area contributed by atoms with Crippen molar-refractivity contribution in [1.29, 1.82) is 0 Å². The summed E-state index contributed by atoms with van der Waals surface area (Å²) in [5, 5.41) is 3.20. The highest BCUT2D eigenvalue weighted by Gasteiger charge is 2.25. The molecule has 0 aromatic carbocycles. The fourth-order valence-corrected chi connectivity index (χ4v) is 2.00. The predicted molar refractivity (Wildman–Crippen MR) is 72.2 cm³/mol. The molecule has 0 saturated heterocycles. The molecule has 17 heavy (non-hydrogen) atoms. The maximum atomic E-state index is 11.1. The Balaban J connectivity index is 4.07. The van der Waals surface area contributed by atoms with Gasteiger partial charge >= 0.3 is 0 Å². The number of ether oxygens (including phenoxy) is 1. The van der Waals surface area contributed by atoms with Crippen LogP contribution in [0.2, 0.25) is 0 Å². The Hall–Kier alpha value is -0.410. The molecule has 0 aromatic rings. The fraction of sp³-hybridized carbons (Fsp3) is 0.929. The largest absolute Gasteiger partial charge is 0.380 e. The van der Waals surface area contributed by atoms with Gasteiger partial charge in [-0.15, -0.1) is 0 Å². The van der Waals surface area contributed by atoms with E-state index in [1.807, 2.05) is 7.05 Å². The van der Waals surface area contributed by atoms with E-state index in [4.69, 9.17) is 4.74 Å². The van der Waals surface area contributed by atoms with E-state index in [1.165, 1.54) is 0 Å². The van der Waals surface area contributed by atoms with E-state index >= 15 is 0 Å². The van der Waals surface area contributed by atoms with Gasteiger partial charge in [-0.3, -0.25) is 0 Å². The molecule has 3 heteroatoms. The third kappa shape index (κ3) is 7.50. The highest BCUT2D eigenvalue weighted by molar-refractivity contribution is 5.76. The first kappa shape index (κ1) is 16.6. The van der Waals surface area contributed by atoms with Crippen LogP contribution in [-0.2, 0) is 9.53 Å². The van der Waals surface area contributed by atoms with Gasteiger partial charge < -0.3 is 14.8 Å². The van der Waals surface area contributed by atoms with Gasteiger partial charge in [0.1, 0.15) is 5.78 Å². The van der Waals surface area contributed by atoms with Crippen LogP contribution in [0, 0.1) is 10.8 Å². The molecule has 0 aliphatic heterocycles. The zero-order valence-corrected chi connectivity index (χ0v) is 12.4. The van der Waals surface area contributed by atoms with E-state index in [9.17, 15) is 4.79 Å². The second-order valence-electron chi connectivity index (χ2n) is 6.23. The number of carbonyl (C=O) groups excluding carboxylic acids is 1. The summed E-state index contributed by atoms with van der Waals surface area (Å²) in [5.41, 5.74) is 0.126. The van der Waals surface area contributed by atoms with E-state index in [-0.39, 0.29) is 16.6 Å². The van der Waals surface area contributed by atoms with Crippen LogP contribution in [-0.4, -0.2) is 32.6 Å². The van der Waals surface area contributed by atoms with E-state index in [2.05, 4.69) is 33.0 Å². The number of nitrogens with one attached hydrogen (secondary N) is 1. The summed E-state index contributed by atoms with van der Waals surface area (Å²) in [7, 11) is 1.97. The number of Topliss-reactive ketones (excluding diaryl/α,β-unsaturated/α-hetero) is 1. The van der Waals surface area contributed by atoms with Crippen molar-refractivity contribution in [2.75, 3.05) is 26.8 Å². The van der Waals surface area contributed by atoms with Crippen LogP contribution < -0.4 is 5.32 Å². The average molecular weight is 243 g/mol. The minimum atomic E-state index is -0.0554. The smallest absolute Gasteiger partial charge is 0.130 e. The van der Waals surface area contributed by atoms with Crippen molar-refractivity contribution in [3.63, 3.8) is 0 Å². The molecule has 0 spiro atoms. The molecule has 0 amide bonds. The van der Waals surface area contributed by atoms with Crippen molar-refractivity contribution in [1.82, 2.24) is 5.32 Å². The van der Waals surface area contributed by atoms with Crippen LogP contribution in [0.3, 0.4) is 0 Å². The summed E-state index contributed by atoms with van der Waals surface area (Å²) in [5.74, 6) is 0.229. The summed E-state index contributed by atoms with van der Waals surface area (Å²) in [6, 6.07) is 0. The Kier molecular flexibility index (Phi) is 6.95. The Labute approximate surface area is 106 Å². The van der Waals surface area contributed by atoms with Gasteiger partial charge in [-0.2, -0.15) is 0 Å². The van der Waals surface area contributed by atoms with Crippen molar-refractivity contribution >= 4 is 5.78 Å². The number of carbonyl (C=O) groups is 1. The Morgan fingerprint density at radius 1 is 1.24 bits per heavy atom. The van der Waals surface area contributed by atoms with Gasteiger partial charge in [-0.1, -0.05) is 27.7 Å². The molecule has 1 unspecified atom stereocenters. The molecule has 1 atom stereocenters. The van der Waals surface area contributed by atoms with Gasteiger partial charge in [-0.25, -0.2) is 0 Å². The molecule has 0 aliphatic rings. The number of rotatable bonds is 9. The van der Waals surface area contributed by atoms with E-state index in [0.29, 0.717) is 13.0 Å². The predicted octanol–water partition coefficient (Wildman–Crippen LogP) is 2.64. The van der Waals surface area contributed by atoms with Crippen molar-refractivity contribution in [2.24, 2.45) is 10.8 Å². The monoisotopic (exact) mass is 243 g/mol. The molecule has 0 bridgehead atoms. The average Bonchev–Trinajstić information content (AvgIpc) is 2.15. The van der Waals surface area contributed by atoms with Gasteiger partial charge in [-0.05, 0) is 25.8 Å². The molecule has 0 aromatic heterocycles. The zero-order chi connectivity index (χ0) is 13.5. The van der Waals surface area contributed by atoms with E-state index in [0.717, 1.165) is 19.6 Å². The van der Waals surface area contributed by atoms with Crippen LogP contribution in [0.1, 0.15) is 47.5 Å². The highest BCUT2D eigenvalue weighted by Crippen LogP contribution is 2.24. The van der Waals surface area contributed by atoms with Crippen LogP contribution >= 0.6 is 0 Å². The minimum Gasteiger partial charge on any atom is -0.380 e. The van der Waals surface area contributed by atoms with Crippen molar-refractivity contribution in [3.8, 4) is 0 Å². The lowest BCUT2D eigenvalue weighted by Crippen LogP contribution is -2.35. The van der Waals surface area contributed by atoms with Crippen molar-refractivity contribution in [3.05, 3.63) is 0 Å². The standard InChI is InChI=1S/C14H29NO2/c1-7-14(5,9-15-6)11-17-10-13(3,4)8-12(2)16/h15H,7-11H2,1-6H3. The molecule has 0 saturated carbocycles. The highest BCUT2D eigenvalue weighted by atomic mass is 16.5. The van der Waals surface area contributed by atoms with Gasteiger partial charge in [0.25, 0.3) is 0 Å². The molecule has 1 N–H and O–H groups in total. The lowest BCUT2D eigenvalue weighted by Gasteiger charge is -2.30. The number of ketones is 1. The molecule has 3 nitrogen and oxygen atoms in total. The number of hydrogen-bond acceptors (Lipinski definition) is 3. The molecule has 0 aliphatic carbocycles. The second kappa shape index (κ2) is 7.12. The molecular weight excluding hydrogens is 214 g/mol. The number of hydrogen-bond donors (Lipinski definition) is 1. The Bertz CT molecular complexity index is 238. The summed E-state index contributed by atoms with van der Waals surface area (Å²) in [4.78, 5) is 11.1. The SMILES string of the molecule is CCC(C)(CNC)COCC(C)(C)CC(C)=O. The summed E-state index contributed by atoms with van der Waals surface area (Å²) < 4.78 is 5.82. The maximum Gasteiger partial charge on any atom is 0.130 e. The fourth-order valence-electron chi connectivity index (χ4n) is 2.00.